The molecule has 0 saturated carbocycles. The van der Waals surface area contributed by atoms with Crippen LogP contribution in [-0.4, -0.2) is 107 Å². The molecular formula is C24H54N4O6. The van der Waals surface area contributed by atoms with Crippen LogP contribution in [0.4, 0.5) is 0 Å². The Hall–Kier alpha value is -1.75. The van der Waals surface area contributed by atoms with E-state index >= 15 is 0 Å². The standard InChI is InChI=1S/3C8H17NO2.H3N/c3*1-3-5-9(6-4-2)7-8(10)11;/h3*3-7H2,1-2H3,(H,10,11);1H3. The molecule has 0 aromatic rings. The van der Waals surface area contributed by atoms with Crippen LogP contribution in [0.15, 0.2) is 0 Å². The van der Waals surface area contributed by atoms with Crippen LogP contribution in [0.2, 0.25) is 0 Å². The van der Waals surface area contributed by atoms with Gasteiger partial charge in [-0.05, 0) is 77.8 Å². The molecule has 0 aliphatic rings. The molecule has 0 fully saturated rings. The van der Waals surface area contributed by atoms with Crippen LogP contribution < -0.4 is 6.15 Å². The molecule has 0 spiro atoms. The van der Waals surface area contributed by atoms with E-state index in [9.17, 15) is 14.4 Å². The fourth-order valence-electron chi connectivity index (χ4n) is 3.28. The Kier molecular flexibility index (Phi) is 34.0. The molecule has 0 rings (SSSR count). The first-order valence-electron chi connectivity index (χ1n) is 12.4. The summed E-state index contributed by atoms with van der Waals surface area (Å²) in [4.78, 5) is 36.8. The summed E-state index contributed by atoms with van der Waals surface area (Å²) in [7, 11) is 0. The van der Waals surface area contributed by atoms with Gasteiger partial charge < -0.3 is 21.5 Å². The van der Waals surface area contributed by atoms with Crippen molar-refractivity contribution in [1.29, 1.82) is 0 Å². The van der Waals surface area contributed by atoms with Crippen LogP contribution in [0.3, 0.4) is 0 Å². The number of rotatable bonds is 18. The van der Waals surface area contributed by atoms with E-state index in [1.807, 2.05) is 14.7 Å². The maximum Gasteiger partial charge on any atom is 0.317 e. The Bertz CT molecular complexity index is 396. The predicted octanol–water partition coefficient (Wildman–Crippen LogP) is 3.74. The van der Waals surface area contributed by atoms with Gasteiger partial charge >= 0.3 is 17.9 Å². The van der Waals surface area contributed by atoms with Crippen LogP contribution in [0.5, 0.6) is 0 Å². The number of nitrogens with zero attached hydrogens (tertiary/aromatic N) is 3. The Balaban J connectivity index is -0.000000196. The normalized spacial score (nSPS) is 10.1. The molecule has 0 radical (unpaired) electrons. The van der Waals surface area contributed by atoms with E-state index in [1.165, 1.54) is 0 Å². The molecule has 206 valence electrons. The van der Waals surface area contributed by atoms with Gasteiger partial charge in [-0.25, -0.2) is 0 Å². The number of carboxylic acid groups (broad SMARTS) is 3. The lowest BCUT2D eigenvalue weighted by atomic mass is 10.3. The first-order valence-corrected chi connectivity index (χ1v) is 12.4. The molecule has 10 nitrogen and oxygen atoms in total. The van der Waals surface area contributed by atoms with Crippen molar-refractivity contribution in [3.8, 4) is 0 Å². The van der Waals surface area contributed by atoms with Gasteiger partial charge in [-0.15, -0.1) is 0 Å². The van der Waals surface area contributed by atoms with Gasteiger partial charge in [0.15, 0.2) is 0 Å². The Morgan fingerprint density at radius 1 is 0.441 bits per heavy atom. The van der Waals surface area contributed by atoms with Crippen molar-refractivity contribution in [3.05, 3.63) is 0 Å². The summed E-state index contributed by atoms with van der Waals surface area (Å²) in [5.41, 5.74) is 0. The van der Waals surface area contributed by atoms with Crippen molar-refractivity contribution in [1.82, 2.24) is 20.9 Å². The molecule has 10 heteroatoms. The largest absolute Gasteiger partial charge is 0.480 e. The SMILES string of the molecule is CCCN(CCC)CC(=O)O.CCCN(CCC)CC(=O)O.CCCN(CCC)CC(=O)O.N. The van der Waals surface area contributed by atoms with Crippen molar-refractivity contribution in [2.75, 3.05) is 58.9 Å². The Morgan fingerprint density at radius 2 is 0.588 bits per heavy atom. The summed E-state index contributed by atoms with van der Waals surface area (Å²) in [5.74, 6) is -2.19. The van der Waals surface area contributed by atoms with Crippen molar-refractivity contribution in [3.63, 3.8) is 0 Å². The van der Waals surface area contributed by atoms with Gasteiger partial charge in [-0.2, -0.15) is 0 Å². The summed E-state index contributed by atoms with van der Waals surface area (Å²) in [5, 5.41) is 25.5. The van der Waals surface area contributed by atoms with E-state index in [1.54, 1.807) is 0 Å². The van der Waals surface area contributed by atoms with Crippen LogP contribution >= 0.6 is 0 Å². The minimum atomic E-state index is -0.730. The molecule has 0 atom stereocenters. The molecule has 0 unspecified atom stereocenters. The van der Waals surface area contributed by atoms with Crippen LogP contribution in [0, 0.1) is 0 Å². The number of hydrogen-bond acceptors (Lipinski definition) is 7. The van der Waals surface area contributed by atoms with Gasteiger partial charge in [-0.1, -0.05) is 41.5 Å². The fourth-order valence-corrected chi connectivity index (χ4v) is 3.28. The minimum absolute atomic E-state index is 0. The number of aliphatic carboxylic acids is 3. The molecule has 6 N–H and O–H groups in total. The molecule has 0 bridgehead atoms. The summed E-state index contributed by atoms with van der Waals surface area (Å²) < 4.78 is 0. The summed E-state index contributed by atoms with van der Waals surface area (Å²) in [6.07, 6.45) is 6.13. The van der Waals surface area contributed by atoms with Crippen LogP contribution in [0.1, 0.15) is 80.1 Å². The highest BCUT2D eigenvalue weighted by molar-refractivity contribution is 5.69. The monoisotopic (exact) mass is 494 g/mol. The number of carboxylic acids is 3. The first kappa shape index (κ1) is 39.5. The van der Waals surface area contributed by atoms with Crippen molar-refractivity contribution >= 4 is 17.9 Å². The molecule has 0 aliphatic carbocycles. The zero-order valence-corrected chi connectivity index (χ0v) is 22.7. The van der Waals surface area contributed by atoms with E-state index < -0.39 is 17.9 Å². The molecule has 34 heavy (non-hydrogen) atoms. The average molecular weight is 495 g/mol. The predicted molar refractivity (Wildman–Crippen MR) is 139 cm³/mol. The highest BCUT2D eigenvalue weighted by atomic mass is 16.4. The summed E-state index contributed by atoms with van der Waals surface area (Å²) in [6.45, 7) is 18.2. The maximum absolute atomic E-state index is 10.3. The van der Waals surface area contributed by atoms with E-state index in [2.05, 4.69) is 41.5 Å². The van der Waals surface area contributed by atoms with Gasteiger partial charge in [0.05, 0.1) is 19.6 Å². The zero-order chi connectivity index (χ0) is 26.1. The van der Waals surface area contributed by atoms with E-state index in [-0.39, 0.29) is 25.8 Å². The van der Waals surface area contributed by atoms with Crippen molar-refractivity contribution < 1.29 is 29.7 Å². The lowest BCUT2D eigenvalue weighted by Gasteiger charge is -2.17. The zero-order valence-electron chi connectivity index (χ0n) is 22.7. The van der Waals surface area contributed by atoms with E-state index in [4.69, 9.17) is 15.3 Å². The lowest BCUT2D eigenvalue weighted by molar-refractivity contribution is -0.139. The summed E-state index contributed by atoms with van der Waals surface area (Å²) in [6, 6.07) is 0. The first-order chi connectivity index (χ1) is 15.6. The molecule has 0 aliphatic heterocycles. The highest BCUT2D eigenvalue weighted by Gasteiger charge is 2.07. The Labute approximate surface area is 207 Å². The van der Waals surface area contributed by atoms with Gasteiger partial charge in [0.25, 0.3) is 0 Å². The second-order valence-corrected chi connectivity index (χ2v) is 8.01. The smallest absolute Gasteiger partial charge is 0.317 e. The number of hydrogen-bond donors (Lipinski definition) is 4. The minimum Gasteiger partial charge on any atom is -0.480 e. The molecule has 0 heterocycles. The van der Waals surface area contributed by atoms with E-state index in [0.717, 1.165) is 77.8 Å². The van der Waals surface area contributed by atoms with Crippen LogP contribution in [-0.2, 0) is 14.4 Å². The van der Waals surface area contributed by atoms with Crippen LogP contribution in [0.25, 0.3) is 0 Å². The number of carbonyl (C=O) groups is 3. The molecule has 0 saturated heterocycles. The molecule has 0 amide bonds. The van der Waals surface area contributed by atoms with Gasteiger partial charge in [0.1, 0.15) is 0 Å². The van der Waals surface area contributed by atoms with Crippen molar-refractivity contribution in [2.24, 2.45) is 0 Å². The van der Waals surface area contributed by atoms with E-state index in [0.29, 0.717) is 0 Å². The molecule has 0 aromatic carbocycles. The molecule has 0 aromatic heterocycles. The third-order valence-corrected chi connectivity index (χ3v) is 4.32. The summed E-state index contributed by atoms with van der Waals surface area (Å²) >= 11 is 0. The topological polar surface area (TPSA) is 157 Å². The van der Waals surface area contributed by atoms with Gasteiger partial charge in [-0.3, -0.25) is 29.1 Å². The highest BCUT2D eigenvalue weighted by Crippen LogP contribution is 1.94. The fraction of sp³-hybridized carbons (Fsp3) is 0.875. The quantitative estimate of drug-likeness (QED) is 0.221. The lowest BCUT2D eigenvalue weighted by Crippen LogP contribution is -2.31. The second-order valence-electron chi connectivity index (χ2n) is 8.01. The third kappa shape index (κ3) is 32.4. The van der Waals surface area contributed by atoms with Crippen molar-refractivity contribution in [2.45, 2.75) is 80.1 Å². The second kappa shape index (κ2) is 29.3. The molecular weight excluding hydrogens is 440 g/mol. The Morgan fingerprint density at radius 3 is 0.676 bits per heavy atom. The van der Waals surface area contributed by atoms with Gasteiger partial charge in [0.2, 0.25) is 0 Å². The van der Waals surface area contributed by atoms with Gasteiger partial charge in [0, 0.05) is 0 Å². The maximum atomic E-state index is 10.3. The third-order valence-electron chi connectivity index (χ3n) is 4.32. The average Bonchev–Trinajstić information content (AvgIpc) is 2.69.